The third-order valence-corrected chi connectivity index (χ3v) is 8.37. The van der Waals surface area contributed by atoms with Crippen molar-refractivity contribution in [3.8, 4) is 0 Å². The number of fused-ring (bicyclic) bond motifs is 4. The number of hydrogen-bond donors (Lipinski definition) is 1. The molecule has 25 heavy (non-hydrogen) atoms. The summed E-state index contributed by atoms with van der Waals surface area (Å²) < 4.78 is 12.6. The van der Waals surface area contributed by atoms with Gasteiger partial charge in [0.05, 0.1) is 18.6 Å². The maximum Gasteiger partial charge on any atom is 0.312 e. The molecule has 3 saturated heterocycles. The van der Waals surface area contributed by atoms with Crippen LogP contribution < -0.4 is 0 Å². The van der Waals surface area contributed by atoms with Gasteiger partial charge in [0.25, 0.3) is 0 Å². The third kappa shape index (κ3) is 1.52. The van der Waals surface area contributed by atoms with Crippen LogP contribution >= 0.6 is 0 Å². The molecule has 0 radical (unpaired) electrons. The molecular weight excluding hydrogens is 318 g/mol. The Morgan fingerprint density at radius 2 is 2.28 bits per heavy atom. The number of esters is 1. The molecule has 4 heterocycles. The molecule has 0 aromatic carbocycles. The highest BCUT2D eigenvalue weighted by atomic mass is 16.6. The standard InChI is InChI=1S/C20H27NO4/c1-11(22)15-16-13-4-2-6-21-7-3-5-19(13)14(17(16)25-18(15)23)8-12-9-20(19,21)24-10-12/h4,11-12,14-17,22H,2-3,5-10H2,1H3. The Morgan fingerprint density at radius 3 is 3.12 bits per heavy atom. The summed E-state index contributed by atoms with van der Waals surface area (Å²) in [6.45, 7) is 4.78. The van der Waals surface area contributed by atoms with Crippen molar-refractivity contribution in [2.45, 2.75) is 57.0 Å². The zero-order chi connectivity index (χ0) is 17.0. The fourth-order valence-electron chi connectivity index (χ4n) is 7.81. The van der Waals surface area contributed by atoms with Crippen molar-refractivity contribution in [2.75, 3.05) is 19.7 Å². The molecule has 9 unspecified atom stereocenters. The highest BCUT2D eigenvalue weighted by molar-refractivity contribution is 5.77. The third-order valence-electron chi connectivity index (χ3n) is 8.37. The monoisotopic (exact) mass is 345 g/mol. The van der Waals surface area contributed by atoms with Crippen LogP contribution in [0.25, 0.3) is 0 Å². The van der Waals surface area contributed by atoms with Crippen LogP contribution in [0.15, 0.2) is 11.6 Å². The lowest BCUT2D eigenvalue weighted by Crippen LogP contribution is -2.66. The summed E-state index contributed by atoms with van der Waals surface area (Å²) in [5, 5.41) is 10.4. The number of aliphatic hydroxyl groups excluding tert-OH is 1. The second-order valence-corrected chi connectivity index (χ2v) is 9.21. The number of carbonyl (C=O) groups is 1. The Morgan fingerprint density at radius 1 is 1.40 bits per heavy atom. The molecule has 4 bridgehead atoms. The number of rotatable bonds is 1. The minimum atomic E-state index is -0.656. The lowest BCUT2D eigenvalue weighted by atomic mass is 9.55. The van der Waals surface area contributed by atoms with Crippen molar-refractivity contribution in [1.82, 2.24) is 4.90 Å². The Kier molecular flexibility index (Phi) is 2.84. The van der Waals surface area contributed by atoms with Gasteiger partial charge < -0.3 is 14.6 Å². The first kappa shape index (κ1) is 15.2. The van der Waals surface area contributed by atoms with Crippen LogP contribution in [-0.2, 0) is 14.3 Å². The quantitative estimate of drug-likeness (QED) is 0.579. The van der Waals surface area contributed by atoms with Crippen molar-refractivity contribution < 1.29 is 19.4 Å². The average molecular weight is 345 g/mol. The van der Waals surface area contributed by atoms with E-state index in [4.69, 9.17) is 9.47 Å². The van der Waals surface area contributed by atoms with Crippen molar-refractivity contribution in [3.63, 3.8) is 0 Å². The molecule has 9 atom stereocenters. The zero-order valence-corrected chi connectivity index (χ0v) is 14.8. The summed E-state index contributed by atoms with van der Waals surface area (Å²) >= 11 is 0. The van der Waals surface area contributed by atoms with Gasteiger partial charge in [-0.15, -0.1) is 0 Å². The molecule has 2 spiro atoms. The molecule has 136 valence electrons. The highest BCUT2D eigenvalue weighted by Gasteiger charge is 2.77. The lowest BCUT2D eigenvalue weighted by Gasteiger charge is -2.60. The number of ether oxygens (including phenoxy) is 2. The number of aliphatic hydroxyl groups is 1. The minimum absolute atomic E-state index is 0.00206. The zero-order valence-electron chi connectivity index (χ0n) is 14.8. The van der Waals surface area contributed by atoms with Gasteiger partial charge in [0.15, 0.2) is 0 Å². The Balaban J connectivity index is 1.58. The first-order valence-electron chi connectivity index (χ1n) is 10.1. The van der Waals surface area contributed by atoms with Gasteiger partial charge in [-0.25, -0.2) is 0 Å². The smallest absolute Gasteiger partial charge is 0.312 e. The van der Waals surface area contributed by atoms with Gasteiger partial charge in [0.1, 0.15) is 11.8 Å². The Hall–Kier alpha value is -0.910. The maximum atomic E-state index is 12.5. The predicted octanol–water partition coefficient (Wildman–Crippen LogP) is 1.70. The summed E-state index contributed by atoms with van der Waals surface area (Å²) in [6, 6.07) is 0. The summed E-state index contributed by atoms with van der Waals surface area (Å²) in [5.74, 6) is 0.404. The van der Waals surface area contributed by atoms with E-state index in [2.05, 4.69) is 11.0 Å². The topological polar surface area (TPSA) is 59.0 Å². The van der Waals surface area contributed by atoms with E-state index in [1.54, 1.807) is 6.92 Å². The van der Waals surface area contributed by atoms with Crippen molar-refractivity contribution in [3.05, 3.63) is 11.6 Å². The van der Waals surface area contributed by atoms with Gasteiger partial charge in [-0.3, -0.25) is 9.69 Å². The first-order valence-corrected chi connectivity index (χ1v) is 10.1. The van der Waals surface area contributed by atoms with E-state index in [0.29, 0.717) is 11.8 Å². The van der Waals surface area contributed by atoms with Gasteiger partial charge in [0.2, 0.25) is 0 Å². The molecule has 2 saturated carbocycles. The predicted molar refractivity (Wildman–Crippen MR) is 89.4 cm³/mol. The fourth-order valence-corrected chi connectivity index (χ4v) is 7.81. The van der Waals surface area contributed by atoms with E-state index in [1.165, 1.54) is 12.0 Å². The number of nitrogens with zero attached hydrogens (tertiary/aromatic N) is 1. The largest absolute Gasteiger partial charge is 0.461 e. The maximum absolute atomic E-state index is 12.5. The van der Waals surface area contributed by atoms with Crippen molar-refractivity contribution in [1.29, 1.82) is 0 Å². The summed E-state index contributed by atoms with van der Waals surface area (Å²) in [7, 11) is 0. The van der Waals surface area contributed by atoms with Crippen LogP contribution in [0.5, 0.6) is 0 Å². The second-order valence-electron chi connectivity index (χ2n) is 9.21. The van der Waals surface area contributed by atoms with Crippen LogP contribution in [0.3, 0.4) is 0 Å². The lowest BCUT2D eigenvalue weighted by molar-refractivity contribution is -0.230. The summed E-state index contributed by atoms with van der Waals surface area (Å²) in [4.78, 5) is 15.2. The minimum Gasteiger partial charge on any atom is -0.461 e. The summed E-state index contributed by atoms with van der Waals surface area (Å²) in [5.41, 5.74) is 1.22. The van der Waals surface area contributed by atoms with Gasteiger partial charge in [0, 0.05) is 30.3 Å². The molecule has 0 aromatic rings. The number of piperidine rings is 1. The molecule has 5 heteroatoms. The van der Waals surface area contributed by atoms with Gasteiger partial charge >= 0.3 is 5.97 Å². The van der Waals surface area contributed by atoms with Crippen LogP contribution in [0.2, 0.25) is 0 Å². The molecule has 0 aromatic heterocycles. The molecule has 4 aliphatic heterocycles. The highest BCUT2D eigenvalue weighted by Crippen LogP contribution is 2.73. The van der Waals surface area contributed by atoms with Crippen LogP contribution in [0.1, 0.15) is 39.0 Å². The average Bonchev–Trinajstić information content (AvgIpc) is 3.15. The molecular formula is C20H27NO4. The van der Waals surface area contributed by atoms with E-state index >= 15 is 0 Å². The van der Waals surface area contributed by atoms with Gasteiger partial charge in [-0.2, -0.15) is 0 Å². The normalized spacial score (nSPS) is 56.6. The Bertz CT molecular complexity index is 675. The van der Waals surface area contributed by atoms with E-state index in [-0.39, 0.29) is 29.1 Å². The molecule has 0 amide bonds. The van der Waals surface area contributed by atoms with E-state index in [0.717, 1.165) is 45.4 Å². The van der Waals surface area contributed by atoms with Crippen LogP contribution in [0.4, 0.5) is 0 Å². The molecule has 5 fully saturated rings. The number of carbonyl (C=O) groups excluding carboxylic acids is 1. The number of hydrogen-bond acceptors (Lipinski definition) is 5. The van der Waals surface area contributed by atoms with Crippen LogP contribution in [0, 0.1) is 29.1 Å². The first-order chi connectivity index (χ1) is 12.1. The molecule has 2 aliphatic carbocycles. The van der Waals surface area contributed by atoms with Gasteiger partial charge in [-0.1, -0.05) is 11.6 Å². The molecule has 5 nitrogen and oxygen atoms in total. The van der Waals surface area contributed by atoms with Crippen molar-refractivity contribution >= 4 is 5.97 Å². The molecule has 6 rings (SSSR count). The molecule has 6 aliphatic rings. The Labute approximate surface area is 148 Å². The summed E-state index contributed by atoms with van der Waals surface area (Å²) in [6.07, 6.45) is 7.28. The molecule has 1 N–H and O–H groups in total. The van der Waals surface area contributed by atoms with Gasteiger partial charge in [-0.05, 0) is 44.9 Å². The van der Waals surface area contributed by atoms with Crippen LogP contribution in [-0.4, -0.2) is 53.6 Å². The van der Waals surface area contributed by atoms with Crippen molar-refractivity contribution in [2.24, 2.45) is 29.1 Å². The second kappa shape index (κ2) is 4.68. The van der Waals surface area contributed by atoms with E-state index in [9.17, 15) is 9.90 Å². The van der Waals surface area contributed by atoms with E-state index in [1.807, 2.05) is 0 Å². The fraction of sp³-hybridized carbons (Fsp3) is 0.850. The SMILES string of the molecule is CC(O)C1C(=O)OC2C1C1=CCCN3CCCC14C2CC1COC34C1. The van der Waals surface area contributed by atoms with E-state index < -0.39 is 12.0 Å².